The van der Waals surface area contributed by atoms with Crippen LogP contribution in [0.4, 0.5) is 0 Å². The molecule has 0 fully saturated rings. The van der Waals surface area contributed by atoms with Crippen molar-refractivity contribution in [2.45, 2.75) is 13.8 Å². The molecule has 60 valence electrons. The van der Waals surface area contributed by atoms with Gasteiger partial charge in [0.15, 0.2) is 5.84 Å². The molecule has 0 amide bonds. The van der Waals surface area contributed by atoms with Crippen molar-refractivity contribution in [3.63, 3.8) is 0 Å². The molecule has 1 aliphatic heterocycles. The summed E-state index contributed by atoms with van der Waals surface area (Å²) >= 11 is 0. The van der Waals surface area contributed by atoms with Crippen molar-refractivity contribution in [1.29, 1.82) is 0 Å². The van der Waals surface area contributed by atoms with E-state index in [-0.39, 0.29) is 0 Å². The lowest BCUT2D eigenvalue weighted by atomic mass is 9.90. The lowest BCUT2D eigenvalue weighted by Gasteiger charge is -2.20. The van der Waals surface area contributed by atoms with E-state index < -0.39 is 0 Å². The Morgan fingerprint density at radius 1 is 1.67 bits per heavy atom. The van der Waals surface area contributed by atoms with Gasteiger partial charge in [0.2, 0.25) is 0 Å². The van der Waals surface area contributed by atoms with Crippen LogP contribution in [0.3, 0.4) is 0 Å². The number of terminal acetylenes is 1. The Hall–Kier alpha value is -1.17. The Morgan fingerprint density at radius 2 is 2.33 bits per heavy atom. The normalized spacial score (nSPS) is 17.0. The molecule has 0 aliphatic carbocycles. The van der Waals surface area contributed by atoms with Crippen molar-refractivity contribution >= 4 is 13.7 Å². The second kappa shape index (κ2) is 3.49. The molecule has 0 saturated heterocycles. The van der Waals surface area contributed by atoms with Crippen LogP contribution in [0, 0.1) is 18.3 Å². The van der Waals surface area contributed by atoms with Crippen molar-refractivity contribution in [2.24, 2.45) is 10.9 Å². The van der Waals surface area contributed by atoms with Gasteiger partial charge in [0.05, 0.1) is 6.54 Å². The largest absolute Gasteiger partial charge is 0.347 e. The summed E-state index contributed by atoms with van der Waals surface area (Å²) in [6, 6.07) is 0. The second-order valence-corrected chi connectivity index (χ2v) is 3.03. The van der Waals surface area contributed by atoms with Gasteiger partial charge in [-0.15, -0.1) is 6.42 Å². The number of rotatable bonds is 1. The van der Waals surface area contributed by atoms with Gasteiger partial charge >= 0.3 is 0 Å². The average molecular weight is 158 g/mol. The van der Waals surface area contributed by atoms with Crippen LogP contribution in [0.1, 0.15) is 13.8 Å². The lowest BCUT2D eigenvalue weighted by Crippen LogP contribution is -2.29. The summed E-state index contributed by atoms with van der Waals surface area (Å²) in [5.41, 5.74) is 1.78. The predicted molar refractivity (Wildman–Crippen MR) is 51.9 cm³/mol. The molecule has 0 spiro atoms. The van der Waals surface area contributed by atoms with Crippen LogP contribution in [0.25, 0.3) is 0 Å². The van der Waals surface area contributed by atoms with Crippen LogP contribution < -0.4 is 5.32 Å². The van der Waals surface area contributed by atoms with E-state index >= 15 is 0 Å². The first kappa shape index (κ1) is 8.93. The van der Waals surface area contributed by atoms with E-state index in [9.17, 15) is 0 Å². The van der Waals surface area contributed by atoms with E-state index in [1.165, 1.54) is 0 Å². The molecule has 3 heteroatoms. The van der Waals surface area contributed by atoms with Crippen LogP contribution in [0.15, 0.2) is 16.2 Å². The van der Waals surface area contributed by atoms with E-state index in [1.54, 1.807) is 0 Å². The highest BCUT2D eigenvalue weighted by molar-refractivity contribution is 6.24. The Labute approximate surface area is 74.6 Å². The molecular formula is C9H11BN2. The van der Waals surface area contributed by atoms with Crippen LogP contribution in [0.2, 0.25) is 0 Å². The number of hydrogen-bond donors (Lipinski definition) is 1. The fourth-order valence-corrected chi connectivity index (χ4v) is 1.07. The Morgan fingerprint density at radius 3 is 2.75 bits per heavy atom. The second-order valence-electron chi connectivity index (χ2n) is 3.03. The minimum atomic E-state index is 0.417. The number of aliphatic imine (C=N–C) groups is 1. The first-order valence-corrected chi connectivity index (χ1v) is 3.91. The van der Waals surface area contributed by atoms with Crippen LogP contribution in [-0.4, -0.2) is 20.2 Å². The minimum Gasteiger partial charge on any atom is -0.347 e. The summed E-state index contributed by atoms with van der Waals surface area (Å²) in [5, 5.41) is 2.87. The number of nitrogens with zero attached hydrogens (tertiary/aromatic N) is 1. The monoisotopic (exact) mass is 158 g/mol. The maximum atomic E-state index is 5.74. The van der Waals surface area contributed by atoms with Crippen molar-refractivity contribution in [3.8, 4) is 12.3 Å². The third-order valence-electron chi connectivity index (χ3n) is 1.84. The first-order valence-electron chi connectivity index (χ1n) is 3.91. The molecule has 0 bridgehead atoms. The summed E-state index contributed by atoms with van der Waals surface area (Å²) in [4.78, 5) is 4.13. The van der Waals surface area contributed by atoms with Crippen LogP contribution in [-0.2, 0) is 0 Å². The smallest absolute Gasteiger partial charge is 0.177 e. The highest BCUT2D eigenvalue weighted by Crippen LogP contribution is 2.14. The van der Waals surface area contributed by atoms with Gasteiger partial charge in [-0.05, 0) is 23.0 Å². The Balaban J connectivity index is 2.78. The zero-order valence-corrected chi connectivity index (χ0v) is 7.39. The molecule has 2 nitrogen and oxygen atoms in total. The fourth-order valence-electron chi connectivity index (χ4n) is 1.07. The molecule has 2 radical (unpaired) electrons. The SMILES string of the molecule is [B]C1=C(C(C)C)CN=C(C#C)N1. The third kappa shape index (κ3) is 1.71. The maximum absolute atomic E-state index is 5.74. The quantitative estimate of drug-likeness (QED) is 0.439. The summed E-state index contributed by atoms with van der Waals surface area (Å²) in [7, 11) is 5.74. The summed E-state index contributed by atoms with van der Waals surface area (Å²) in [6.07, 6.45) is 5.17. The van der Waals surface area contributed by atoms with Gasteiger partial charge < -0.3 is 5.32 Å². The van der Waals surface area contributed by atoms with Crippen molar-refractivity contribution in [3.05, 3.63) is 11.2 Å². The summed E-state index contributed by atoms with van der Waals surface area (Å²) < 4.78 is 0. The molecule has 1 N–H and O–H groups in total. The van der Waals surface area contributed by atoms with E-state index in [0.29, 0.717) is 23.9 Å². The van der Waals surface area contributed by atoms with Crippen molar-refractivity contribution in [2.75, 3.05) is 6.54 Å². The lowest BCUT2D eigenvalue weighted by molar-refractivity contribution is 0.726. The van der Waals surface area contributed by atoms with E-state index in [4.69, 9.17) is 14.3 Å². The first-order chi connectivity index (χ1) is 5.65. The minimum absolute atomic E-state index is 0.417. The van der Waals surface area contributed by atoms with E-state index in [0.717, 1.165) is 5.57 Å². The highest BCUT2D eigenvalue weighted by atomic mass is 15.0. The van der Waals surface area contributed by atoms with Gasteiger partial charge in [0.1, 0.15) is 7.85 Å². The Kier molecular flexibility index (Phi) is 2.60. The zero-order chi connectivity index (χ0) is 9.14. The molecule has 1 heterocycles. The van der Waals surface area contributed by atoms with Crippen molar-refractivity contribution < 1.29 is 0 Å². The van der Waals surface area contributed by atoms with Crippen LogP contribution >= 0.6 is 0 Å². The summed E-state index contributed by atoms with van der Waals surface area (Å²) in [6.45, 7) is 4.79. The predicted octanol–water partition coefficient (Wildman–Crippen LogP) is 0.657. The summed E-state index contributed by atoms with van der Waals surface area (Å²) in [5.74, 6) is 3.36. The van der Waals surface area contributed by atoms with Gasteiger partial charge in [0.25, 0.3) is 0 Å². The van der Waals surface area contributed by atoms with Gasteiger partial charge in [-0.3, -0.25) is 4.99 Å². The molecule has 1 rings (SSSR count). The molecule has 0 aromatic carbocycles. The number of hydrogen-bond acceptors (Lipinski definition) is 2. The molecular weight excluding hydrogens is 147 g/mol. The maximum Gasteiger partial charge on any atom is 0.177 e. The molecule has 0 unspecified atom stereocenters. The molecule has 0 aromatic rings. The van der Waals surface area contributed by atoms with Gasteiger partial charge in [-0.25, -0.2) is 0 Å². The number of amidine groups is 1. The number of nitrogens with one attached hydrogen (secondary N) is 1. The highest BCUT2D eigenvalue weighted by Gasteiger charge is 2.11. The zero-order valence-electron chi connectivity index (χ0n) is 7.39. The Bertz CT molecular complexity index is 281. The molecule has 0 saturated carbocycles. The third-order valence-corrected chi connectivity index (χ3v) is 1.84. The van der Waals surface area contributed by atoms with Gasteiger partial charge in [-0.2, -0.15) is 0 Å². The molecule has 12 heavy (non-hydrogen) atoms. The van der Waals surface area contributed by atoms with Gasteiger partial charge in [0, 0.05) is 0 Å². The molecule has 1 aliphatic rings. The fraction of sp³-hybridized carbons (Fsp3) is 0.444. The van der Waals surface area contributed by atoms with Gasteiger partial charge in [-0.1, -0.05) is 13.8 Å². The van der Waals surface area contributed by atoms with E-state index in [1.807, 2.05) is 0 Å². The van der Waals surface area contributed by atoms with E-state index in [2.05, 4.69) is 30.1 Å². The average Bonchev–Trinajstić information content (AvgIpc) is 2.03. The van der Waals surface area contributed by atoms with Crippen molar-refractivity contribution in [1.82, 2.24) is 5.32 Å². The van der Waals surface area contributed by atoms with Crippen LogP contribution in [0.5, 0.6) is 0 Å². The molecule has 0 aromatic heterocycles. The molecule has 0 atom stereocenters. The topological polar surface area (TPSA) is 24.4 Å². The standard InChI is InChI=1S/C9H11BN2/c1-4-8-11-5-7(6(2)3)9(10)12-8/h1,6H,5H2,2-3H3,(H,11,12).